The van der Waals surface area contributed by atoms with Gasteiger partial charge in [0.2, 0.25) is 0 Å². The molecule has 0 aliphatic heterocycles. The van der Waals surface area contributed by atoms with E-state index < -0.39 is 0 Å². The first-order chi connectivity index (χ1) is 13.7. The van der Waals surface area contributed by atoms with Gasteiger partial charge in [-0.25, -0.2) is 0 Å². The van der Waals surface area contributed by atoms with Gasteiger partial charge >= 0.3 is 0 Å². The third-order valence-electron chi connectivity index (χ3n) is 5.82. The Morgan fingerprint density at radius 2 is 1.54 bits per heavy atom. The van der Waals surface area contributed by atoms with Gasteiger partial charge in [-0.1, -0.05) is 72.3 Å². The van der Waals surface area contributed by atoms with Gasteiger partial charge in [-0.15, -0.1) is 0 Å². The van der Waals surface area contributed by atoms with Crippen LogP contribution in [0.5, 0.6) is 0 Å². The number of hydrogen-bond donors (Lipinski definition) is 1. The number of rotatable bonds is 10. The first kappa shape index (κ1) is 20.8. The summed E-state index contributed by atoms with van der Waals surface area (Å²) in [6.45, 7) is 5.31. The van der Waals surface area contributed by atoms with Gasteiger partial charge in [0.15, 0.2) is 0 Å². The van der Waals surface area contributed by atoms with Crippen LogP contribution in [0.25, 0.3) is 0 Å². The number of allylic oxidation sites excluding steroid dienone is 1. The van der Waals surface area contributed by atoms with E-state index in [2.05, 4.69) is 78.6 Å². The SMILES string of the molecule is CC(N)CN(CCC1=CCCCC1)CCC(c1ccccc1)c1ccccc1. The van der Waals surface area contributed by atoms with Crippen molar-refractivity contribution >= 4 is 0 Å². The van der Waals surface area contributed by atoms with Crippen LogP contribution in [-0.2, 0) is 0 Å². The highest BCUT2D eigenvalue weighted by Gasteiger charge is 2.17. The highest BCUT2D eigenvalue weighted by atomic mass is 15.1. The molecule has 2 aromatic rings. The van der Waals surface area contributed by atoms with Crippen LogP contribution in [0, 0.1) is 0 Å². The smallest absolute Gasteiger partial charge is 0.0139 e. The first-order valence-corrected chi connectivity index (χ1v) is 11.0. The predicted octanol–water partition coefficient (Wildman–Crippen LogP) is 5.75. The molecule has 0 amide bonds. The van der Waals surface area contributed by atoms with E-state index >= 15 is 0 Å². The zero-order chi connectivity index (χ0) is 19.6. The monoisotopic (exact) mass is 376 g/mol. The fraction of sp³-hybridized carbons (Fsp3) is 0.462. The minimum Gasteiger partial charge on any atom is -0.327 e. The Labute approximate surface area is 171 Å². The summed E-state index contributed by atoms with van der Waals surface area (Å²) in [6, 6.07) is 22.1. The molecule has 0 saturated carbocycles. The maximum absolute atomic E-state index is 6.17. The molecule has 0 saturated heterocycles. The molecule has 28 heavy (non-hydrogen) atoms. The van der Waals surface area contributed by atoms with Gasteiger partial charge in [0.25, 0.3) is 0 Å². The summed E-state index contributed by atoms with van der Waals surface area (Å²) in [5.74, 6) is 0.437. The second-order valence-electron chi connectivity index (χ2n) is 8.30. The molecule has 1 atom stereocenters. The molecule has 0 radical (unpaired) electrons. The highest BCUT2D eigenvalue weighted by molar-refractivity contribution is 5.32. The van der Waals surface area contributed by atoms with E-state index in [-0.39, 0.29) is 6.04 Å². The van der Waals surface area contributed by atoms with Crippen LogP contribution in [0.15, 0.2) is 72.3 Å². The molecule has 2 N–H and O–H groups in total. The van der Waals surface area contributed by atoms with Gasteiger partial charge in [0, 0.05) is 25.0 Å². The maximum Gasteiger partial charge on any atom is 0.0139 e. The largest absolute Gasteiger partial charge is 0.327 e. The second-order valence-corrected chi connectivity index (χ2v) is 8.30. The third-order valence-corrected chi connectivity index (χ3v) is 5.82. The Morgan fingerprint density at radius 3 is 2.07 bits per heavy atom. The van der Waals surface area contributed by atoms with E-state index in [1.54, 1.807) is 5.57 Å². The molecule has 2 heteroatoms. The lowest BCUT2D eigenvalue weighted by atomic mass is 9.88. The van der Waals surface area contributed by atoms with Crippen molar-refractivity contribution in [2.24, 2.45) is 5.73 Å². The van der Waals surface area contributed by atoms with E-state index in [9.17, 15) is 0 Å². The van der Waals surface area contributed by atoms with Crippen LogP contribution >= 0.6 is 0 Å². The van der Waals surface area contributed by atoms with Gasteiger partial charge < -0.3 is 10.6 Å². The summed E-state index contributed by atoms with van der Waals surface area (Å²) in [5, 5.41) is 0. The molecule has 0 heterocycles. The van der Waals surface area contributed by atoms with Gasteiger partial charge in [0.05, 0.1) is 0 Å². The summed E-state index contributed by atoms with van der Waals surface area (Å²) in [6.07, 6.45) is 10.1. The Bertz CT molecular complexity index is 666. The lowest BCUT2D eigenvalue weighted by Gasteiger charge is -2.28. The van der Waals surface area contributed by atoms with Crippen molar-refractivity contribution in [3.63, 3.8) is 0 Å². The minimum atomic E-state index is 0.215. The standard InChI is InChI=1S/C26H36N2/c1-22(27)21-28(19-17-23-11-5-2-6-12-23)20-18-26(24-13-7-3-8-14-24)25-15-9-4-10-16-25/h3-4,7-11,13-16,22,26H,2,5-6,12,17-21,27H2,1H3. The topological polar surface area (TPSA) is 29.3 Å². The second kappa shape index (κ2) is 11.2. The highest BCUT2D eigenvalue weighted by Crippen LogP contribution is 2.28. The summed E-state index contributed by atoms with van der Waals surface area (Å²) in [5.41, 5.74) is 10.6. The quantitative estimate of drug-likeness (QED) is 0.535. The zero-order valence-corrected chi connectivity index (χ0v) is 17.4. The minimum absolute atomic E-state index is 0.215. The summed E-state index contributed by atoms with van der Waals surface area (Å²) in [7, 11) is 0. The Balaban J connectivity index is 1.66. The number of nitrogens with two attached hydrogens (primary N) is 1. The van der Waals surface area contributed by atoms with Crippen molar-refractivity contribution in [1.29, 1.82) is 0 Å². The Morgan fingerprint density at radius 1 is 0.893 bits per heavy atom. The van der Waals surface area contributed by atoms with Crippen molar-refractivity contribution in [3.8, 4) is 0 Å². The van der Waals surface area contributed by atoms with Crippen LogP contribution in [0.2, 0.25) is 0 Å². The Kier molecular flexibility index (Phi) is 8.32. The lowest BCUT2D eigenvalue weighted by Crippen LogP contribution is -2.37. The number of hydrogen-bond acceptors (Lipinski definition) is 2. The molecule has 1 aliphatic carbocycles. The normalized spacial score (nSPS) is 15.6. The summed E-state index contributed by atoms with van der Waals surface area (Å²) >= 11 is 0. The van der Waals surface area contributed by atoms with Crippen LogP contribution in [0.4, 0.5) is 0 Å². The Hall–Kier alpha value is -1.90. The average Bonchev–Trinajstić information content (AvgIpc) is 2.74. The van der Waals surface area contributed by atoms with Crippen molar-refractivity contribution in [2.75, 3.05) is 19.6 Å². The molecule has 3 rings (SSSR count). The lowest BCUT2D eigenvalue weighted by molar-refractivity contribution is 0.256. The molecule has 2 aromatic carbocycles. The van der Waals surface area contributed by atoms with Gasteiger partial charge in [-0.2, -0.15) is 0 Å². The van der Waals surface area contributed by atoms with Crippen molar-refractivity contribution in [2.45, 2.75) is 57.4 Å². The van der Waals surface area contributed by atoms with Gasteiger partial charge in [0.1, 0.15) is 0 Å². The average molecular weight is 377 g/mol. The van der Waals surface area contributed by atoms with E-state index in [1.165, 1.54) is 43.2 Å². The zero-order valence-electron chi connectivity index (χ0n) is 17.4. The van der Waals surface area contributed by atoms with Crippen molar-refractivity contribution in [1.82, 2.24) is 4.90 Å². The maximum atomic E-state index is 6.17. The van der Waals surface area contributed by atoms with E-state index in [1.807, 2.05) is 0 Å². The van der Waals surface area contributed by atoms with Crippen LogP contribution in [-0.4, -0.2) is 30.6 Å². The molecule has 1 unspecified atom stereocenters. The van der Waals surface area contributed by atoms with E-state index in [0.29, 0.717) is 5.92 Å². The van der Waals surface area contributed by atoms with Gasteiger partial charge in [-0.05, 0) is 63.1 Å². The molecule has 2 nitrogen and oxygen atoms in total. The third kappa shape index (κ3) is 6.61. The predicted molar refractivity (Wildman–Crippen MR) is 121 cm³/mol. The van der Waals surface area contributed by atoms with E-state index in [0.717, 1.165) is 26.1 Å². The van der Waals surface area contributed by atoms with Crippen LogP contribution in [0.1, 0.15) is 62.5 Å². The van der Waals surface area contributed by atoms with Crippen LogP contribution in [0.3, 0.4) is 0 Å². The number of nitrogens with zero attached hydrogens (tertiary/aromatic N) is 1. The fourth-order valence-corrected chi connectivity index (χ4v) is 4.34. The molecule has 1 aliphatic rings. The summed E-state index contributed by atoms with van der Waals surface area (Å²) < 4.78 is 0. The molecule has 0 aromatic heterocycles. The molecular formula is C26H36N2. The van der Waals surface area contributed by atoms with Gasteiger partial charge in [-0.3, -0.25) is 0 Å². The van der Waals surface area contributed by atoms with Crippen molar-refractivity contribution in [3.05, 3.63) is 83.4 Å². The van der Waals surface area contributed by atoms with E-state index in [4.69, 9.17) is 5.73 Å². The van der Waals surface area contributed by atoms with Crippen molar-refractivity contribution < 1.29 is 0 Å². The molecule has 0 spiro atoms. The first-order valence-electron chi connectivity index (χ1n) is 11.0. The molecular weight excluding hydrogens is 340 g/mol. The molecule has 0 bridgehead atoms. The fourth-order valence-electron chi connectivity index (χ4n) is 4.34. The number of benzene rings is 2. The molecule has 150 valence electrons. The molecule has 0 fully saturated rings. The summed E-state index contributed by atoms with van der Waals surface area (Å²) in [4.78, 5) is 2.58. The van der Waals surface area contributed by atoms with Crippen LogP contribution < -0.4 is 5.73 Å².